The largest absolute Gasteiger partial charge is 0.463 e. The molecular formula is C25H34N4O4. The molecule has 1 saturated carbocycles. The van der Waals surface area contributed by atoms with Gasteiger partial charge in [-0.15, -0.1) is 0 Å². The van der Waals surface area contributed by atoms with Crippen molar-refractivity contribution in [2.24, 2.45) is 5.92 Å². The van der Waals surface area contributed by atoms with Crippen molar-refractivity contribution in [2.75, 3.05) is 39.8 Å². The minimum absolute atomic E-state index is 0.0911. The minimum Gasteiger partial charge on any atom is -0.463 e. The summed E-state index contributed by atoms with van der Waals surface area (Å²) >= 11 is 0. The molecule has 178 valence electrons. The van der Waals surface area contributed by atoms with Crippen LogP contribution in [0.4, 0.5) is 4.79 Å². The van der Waals surface area contributed by atoms with E-state index in [4.69, 9.17) is 4.74 Å². The van der Waals surface area contributed by atoms with E-state index in [2.05, 4.69) is 17.1 Å². The normalized spacial score (nSPS) is 24.1. The van der Waals surface area contributed by atoms with Crippen LogP contribution in [0, 0.1) is 12.8 Å². The Balaban J connectivity index is 1.64. The second-order valence-electron chi connectivity index (χ2n) is 9.27. The highest BCUT2D eigenvalue weighted by Gasteiger charge is 2.40. The summed E-state index contributed by atoms with van der Waals surface area (Å²) < 4.78 is 5.43. The van der Waals surface area contributed by atoms with Crippen LogP contribution < -0.4 is 5.32 Å². The SMILES string of the molecule is CCOC(=O)C1=C(CN2CCN(C(=O)C3CC3)C(C)C2)N(C)C(=O)NC1c1ccccc1C. The van der Waals surface area contributed by atoms with Crippen LogP contribution in [0.3, 0.4) is 0 Å². The average molecular weight is 455 g/mol. The molecule has 0 radical (unpaired) electrons. The van der Waals surface area contributed by atoms with E-state index >= 15 is 0 Å². The van der Waals surface area contributed by atoms with Gasteiger partial charge < -0.3 is 15.0 Å². The van der Waals surface area contributed by atoms with Crippen molar-refractivity contribution < 1.29 is 19.1 Å². The maximum atomic E-state index is 13.2. The number of ether oxygens (including phenoxy) is 1. The number of benzene rings is 1. The van der Waals surface area contributed by atoms with Gasteiger partial charge in [-0.1, -0.05) is 24.3 Å². The Bertz CT molecular complexity index is 971. The van der Waals surface area contributed by atoms with Gasteiger partial charge in [0.2, 0.25) is 5.91 Å². The zero-order valence-corrected chi connectivity index (χ0v) is 20.0. The molecule has 8 heteroatoms. The van der Waals surface area contributed by atoms with Crippen LogP contribution >= 0.6 is 0 Å². The van der Waals surface area contributed by atoms with Crippen molar-refractivity contribution in [3.63, 3.8) is 0 Å². The van der Waals surface area contributed by atoms with Gasteiger partial charge in [-0.25, -0.2) is 9.59 Å². The molecule has 2 heterocycles. The second kappa shape index (κ2) is 9.55. The lowest BCUT2D eigenvalue weighted by molar-refractivity contribution is -0.139. The lowest BCUT2D eigenvalue weighted by Crippen LogP contribution is -2.56. The van der Waals surface area contributed by atoms with Crippen LogP contribution in [0.15, 0.2) is 35.5 Å². The Morgan fingerprint density at radius 2 is 1.91 bits per heavy atom. The molecule has 1 saturated heterocycles. The Hall–Kier alpha value is -2.87. The lowest BCUT2D eigenvalue weighted by Gasteiger charge is -2.42. The predicted octanol–water partition coefficient (Wildman–Crippen LogP) is 2.45. The first-order valence-corrected chi connectivity index (χ1v) is 11.8. The van der Waals surface area contributed by atoms with Gasteiger partial charge in [0, 0.05) is 50.9 Å². The number of rotatable bonds is 6. The van der Waals surface area contributed by atoms with Crippen molar-refractivity contribution in [1.29, 1.82) is 0 Å². The van der Waals surface area contributed by atoms with Crippen LogP contribution in [0.5, 0.6) is 0 Å². The van der Waals surface area contributed by atoms with E-state index < -0.39 is 12.0 Å². The lowest BCUT2D eigenvalue weighted by atomic mass is 9.91. The number of esters is 1. The maximum absolute atomic E-state index is 13.2. The van der Waals surface area contributed by atoms with Crippen molar-refractivity contribution in [3.05, 3.63) is 46.7 Å². The van der Waals surface area contributed by atoms with Gasteiger partial charge >= 0.3 is 12.0 Å². The number of nitrogens with zero attached hydrogens (tertiary/aromatic N) is 3. The first kappa shape index (κ1) is 23.3. The third kappa shape index (κ3) is 4.76. The third-order valence-electron chi connectivity index (χ3n) is 6.87. The van der Waals surface area contributed by atoms with Gasteiger partial charge in [0.25, 0.3) is 0 Å². The van der Waals surface area contributed by atoms with Gasteiger partial charge in [0.15, 0.2) is 0 Å². The zero-order chi connectivity index (χ0) is 23.7. The molecule has 3 aliphatic rings. The molecular weight excluding hydrogens is 420 g/mol. The van der Waals surface area contributed by atoms with Crippen molar-refractivity contribution in [2.45, 2.75) is 45.7 Å². The topological polar surface area (TPSA) is 82.2 Å². The minimum atomic E-state index is -0.570. The number of hydrogen-bond acceptors (Lipinski definition) is 5. The molecule has 0 aromatic heterocycles. The molecule has 33 heavy (non-hydrogen) atoms. The second-order valence-corrected chi connectivity index (χ2v) is 9.27. The summed E-state index contributed by atoms with van der Waals surface area (Å²) in [6, 6.07) is 7.03. The first-order valence-electron chi connectivity index (χ1n) is 11.8. The van der Waals surface area contributed by atoms with Crippen LogP contribution in [-0.4, -0.2) is 78.5 Å². The number of aryl methyl sites for hydroxylation is 1. The molecule has 2 atom stereocenters. The van der Waals surface area contributed by atoms with Crippen LogP contribution in [0.2, 0.25) is 0 Å². The van der Waals surface area contributed by atoms with Crippen molar-refractivity contribution in [3.8, 4) is 0 Å². The van der Waals surface area contributed by atoms with Crippen LogP contribution in [0.1, 0.15) is 43.9 Å². The third-order valence-corrected chi connectivity index (χ3v) is 6.87. The van der Waals surface area contributed by atoms with Crippen molar-refractivity contribution >= 4 is 17.9 Å². The fourth-order valence-electron chi connectivity index (χ4n) is 4.82. The molecule has 1 aromatic carbocycles. The van der Waals surface area contributed by atoms with E-state index in [1.807, 2.05) is 36.1 Å². The molecule has 8 nitrogen and oxygen atoms in total. The maximum Gasteiger partial charge on any atom is 0.338 e. The van der Waals surface area contributed by atoms with Crippen molar-refractivity contribution in [1.82, 2.24) is 20.0 Å². The molecule has 1 aliphatic carbocycles. The summed E-state index contributed by atoms with van der Waals surface area (Å²) in [5.74, 6) is 0.0609. The predicted molar refractivity (Wildman–Crippen MR) is 124 cm³/mol. The summed E-state index contributed by atoms with van der Waals surface area (Å²) in [7, 11) is 1.69. The number of nitrogens with one attached hydrogen (secondary N) is 1. The highest BCUT2D eigenvalue weighted by Crippen LogP contribution is 2.34. The van der Waals surface area contributed by atoms with E-state index in [1.165, 1.54) is 4.90 Å². The number of likely N-dealkylation sites (N-methyl/N-ethyl adjacent to an activating group) is 1. The number of amides is 3. The molecule has 2 aliphatic heterocycles. The van der Waals surface area contributed by atoms with Gasteiger partial charge in [-0.3, -0.25) is 14.6 Å². The Morgan fingerprint density at radius 1 is 1.18 bits per heavy atom. The van der Waals surface area contributed by atoms with Crippen LogP contribution in [0.25, 0.3) is 0 Å². The summed E-state index contributed by atoms with van der Waals surface area (Å²) in [5, 5.41) is 2.99. The molecule has 3 amide bonds. The van der Waals surface area contributed by atoms with Crippen LogP contribution in [-0.2, 0) is 14.3 Å². The van der Waals surface area contributed by atoms with E-state index in [0.717, 1.165) is 24.0 Å². The fourth-order valence-corrected chi connectivity index (χ4v) is 4.82. The number of carbonyl (C=O) groups excluding carboxylic acids is 3. The quantitative estimate of drug-likeness (QED) is 0.668. The fraction of sp³-hybridized carbons (Fsp3) is 0.560. The average Bonchev–Trinajstić information content (AvgIpc) is 3.62. The Morgan fingerprint density at radius 3 is 2.55 bits per heavy atom. The number of carbonyl (C=O) groups is 3. The van der Waals surface area contributed by atoms with E-state index in [-0.39, 0.29) is 30.5 Å². The summed E-state index contributed by atoms with van der Waals surface area (Å²) in [6.07, 6.45) is 2.00. The molecule has 2 fully saturated rings. The van der Waals surface area contributed by atoms with E-state index in [1.54, 1.807) is 14.0 Å². The van der Waals surface area contributed by atoms with Gasteiger partial charge in [-0.05, 0) is 44.7 Å². The highest BCUT2D eigenvalue weighted by molar-refractivity contribution is 5.95. The summed E-state index contributed by atoms with van der Waals surface area (Å²) in [4.78, 5) is 44.4. The molecule has 2 unspecified atom stereocenters. The Kier molecular flexibility index (Phi) is 6.74. The zero-order valence-electron chi connectivity index (χ0n) is 20.0. The summed E-state index contributed by atoms with van der Waals surface area (Å²) in [6.45, 7) is 8.58. The smallest absolute Gasteiger partial charge is 0.338 e. The number of hydrogen-bond donors (Lipinski definition) is 1. The van der Waals surface area contributed by atoms with Gasteiger partial charge in [-0.2, -0.15) is 0 Å². The monoisotopic (exact) mass is 454 g/mol. The standard InChI is InChI=1S/C25H34N4O4/c1-5-33-24(31)21-20(15-28-12-13-29(17(3)14-28)23(30)18-10-11-18)27(4)25(32)26-22(21)19-9-7-6-8-16(19)2/h6-9,17-18,22H,5,10-15H2,1-4H3,(H,26,32). The van der Waals surface area contributed by atoms with E-state index in [0.29, 0.717) is 37.4 Å². The number of piperazine rings is 1. The molecule has 1 aromatic rings. The molecule has 1 N–H and O–H groups in total. The highest BCUT2D eigenvalue weighted by atomic mass is 16.5. The first-order chi connectivity index (χ1) is 15.8. The molecule has 0 spiro atoms. The molecule has 4 rings (SSSR count). The van der Waals surface area contributed by atoms with Gasteiger partial charge in [0.1, 0.15) is 0 Å². The summed E-state index contributed by atoms with van der Waals surface area (Å²) in [5.41, 5.74) is 3.00. The van der Waals surface area contributed by atoms with E-state index in [9.17, 15) is 14.4 Å². The number of urea groups is 1. The molecule has 0 bridgehead atoms. The Labute approximate surface area is 195 Å². The van der Waals surface area contributed by atoms with Gasteiger partial charge in [0.05, 0.1) is 18.2 Å².